The van der Waals surface area contributed by atoms with Gasteiger partial charge in [0.05, 0.1) is 0 Å². The van der Waals surface area contributed by atoms with E-state index < -0.39 is 84.4 Å². The van der Waals surface area contributed by atoms with Crippen LogP contribution >= 0.6 is 0 Å². The van der Waals surface area contributed by atoms with Crippen LogP contribution in [0, 0.1) is 0 Å². The van der Waals surface area contributed by atoms with E-state index in [0.717, 1.165) is 21.7 Å². The normalized spacial score (nSPS) is 36.6. The highest BCUT2D eigenvalue weighted by molar-refractivity contribution is 5.95. The van der Waals surface area contributed by atoms with Gasteiger partial charge in [-0.05, 0) is 13.1 Å². The maximum absolute atomic E-state index is 13.6. The van der Waals surface area contributed by atoms with Crippen molar-refractivity contribution in [3.8, 4) is 0 Å². The minimum absolute atomic E-state index is 0.0709. The molecule has 0 aromatic carbocycles. The summed E-state index contributed by atoms with van der Waals surface area (Å²) in [4.78, 5) is 53.4. The van der Waals surface area contributed by atoms with Gasteiger partial charge >= 0.3 is 11.7 Å². The Morgan fingerprint density at radius 1 is 1.13 bits per heavy atom. The molecule has 39 heavy (non-hydrogen) atoms. The highest BCUT2D eigenvalue weighted by Crippen LogP contribution is 2.36. The Morgan fingerprint density at radius 2 is 1.82 bits per heavy atom. The molecule has 17 nitrogen and oxygen atoms in total. The summed E-state index contributed by atoms with van der Waals surface area (Å²) in [6.07, 6.45) is -11.5. The van der Waals surface area contributed by atoms with Crippen LogP contribution in [-0.4, -0.2) is 139 Å². The number of carbonyl (C=O) groups excluding carboxylic acids is 1. The van der Waals surface area contributed by atoms with Gasteiger partial charge in [0.15, 0.2) is 12.5 Å². The number of likely N-dealkylation sites (N-methyl/N-ethyl adjacent to an activating group) is 2. The Hall–Kier alpha value is -3.00. The van der Waals surface area contributed by atoms with Crippen molar-refractivity contribution in [1.29, 1.82) is 0 Å². The number of amides is 1. The lowest BCUT2D eigenvalue weighted by molar-refractivity contribution is -0.232. The first-order chi connectivity index (χ1) is 18.4. The van der Waals surface area contributed by atoms with E-state index in [1.807, 2.05) is 4.98 Å². The van der Waals surface area contributed by atoms with Crippen molar-refractivity contribution in [2.45, 2.75) is 61.3 Å². The summed E-state index contributed by atoms with van der Waals surface area (Å²) in [5.74, 6) is -2.17. The van der Waals surface area contributed by atoms with Gasteiger partial charge in [0.25, 0.3) is 5.56 Å². The molecule has 1 aromatic rings. The molecule has 3 aliphatic rings. The zero-order valence-corrected chi connectivity index (χ0v) is 20.9. The molecule has 4 rings (SSSR count). The highest BCUT2D eigenvalue weighted by atomic mass is 16.7. The Kier molecular flexibility index (Phi) is 8.36. The average molecular weight is 558 g/mol. The molecule has 0 aliphatic carbocycles. The minimum Gasteiger partial charge on any atom is -0.477 e. The number of carboxylic acids is 1. The second kappa shape index (κ2) is 11.2. The lowest BCUT2D eigenvalue weighted by Crippen LogP contribution is -2.59. The molecule has 7 unspecified atom stereocenters. The van der Waals surface area contributed by atoms with E-state index in [2.05, 4.69) is 0 Å². The smallest absolute Gasteiger partial charge is 0.352 e. The number of carboxylic acid groups (broad SMARTS) is 1. The first-order valence-electron chi connectivity index (χ1n) is 12.0. The monoisotopic (exact) mass is 557 g/mol. The first-order valence-corrected chi connectivity index (χ1v) is 12.0. The van der Waals surface area contributed by atoms with Gasteiger partial charge in [-0.1, -0.05) is 0 Å². The van der Waals surface area contributed by atoms with Crippen LogP contribution in [-0.2, 0) is 23.8 Å². The fourth-order valence-corrected chi connectivity index (χ4v) is 4.93. The summed E-state index contributed by atoms with van der Waals surface area (Å²) in [5.41, 5.74) is 3.60. The lowest BCUT2D eigenvalue weighted by atomic mass is 9.97. The van der Waals surface area contributed by atoms with Crippen molar-refractivity contribution < 1.29 is 49.3 Å². The number of aliphatic carboxylic acids is 1. The Balaban J connectivity index is 1.73. The van der Waals surface area contributed by atoms with Crippen molar-refractivity contribution in [2.24, 2.45) is 5.73 Å². The van der Waals surface area contributed by atoms with E-state index in [4.69, 9.17) is 19.9 Å². The second-order valence-electron chi connectivity index (χ2n) is 9.53. The van der Waals surface area contributed by atoms with Crippen molar-refractivity contribution in [1.82, 2.24) is 19.4 Å². The minimum atomic E-state index is -1.78. The lowest BCUT2D eigenvalue weighted by Gasteiger charge is -2.38. The van der Waals surface area contributed by atoms with Gasteiger partial charge < -0.3 is 50.4 Å². The number of aliphatic hydroxyl groups is 4. The standard InChI is InChI=1S/C22H31N5O12/c1-25-5-3-8(20(34)35)26(2)18(33)11(25)16(39-21-15(32)12(29)9(7-23)37-21)17-13(30)14(31)19(38-17)27-6-4-10(28)24-22(27)36/h3-4,6,9,11-17,19,21,29-32H,5,7,23H2,1-2H3,(H,34,35)(H,24,28,36)/t9-,11?,12?,13?,14?,15?,16+,17?,19-,21?/m1/s1. The van der Waals surface area contributed by atoms with Crippen molar-refractivity contribution in [3.05, 3.63) is 44.9 Å². The number of H-pyrrole nitrogens is 1. The molecular formula is C22H31N5O12. The SMILES string of the molecule is CN1C(=O)C([C@H](OC2O[C@H](CN)C(O)C2O)C2O[C@@H](n3ccc(=O)[nH]c3=O)C(O)C2O)N(C)CC=C1C(=O)O. The van der Waals surface area contributed by atoms with Crippen LogP contribution in [0.5, 0.6) is 0 Å². The molecule has 4 heterocycles. The number of ether oxygens (including phenoxy) is 3. The number of carbonyl (C=O) groups is 2. The topological polar surface area (TPSA) is 250 Å². The largest absolute Gasteiger partial charge is 0.477 e. The van der Waals surface area contributed by atoms with E-state index in [0.29, 0.717) is 0 Å². The maximum Gasteiger partial charge on any atom is 0.352 e. The summed E-state index contributed by atoms with van der Waals surface area (Å²) in [6.45, 7) is -0.253. The van der Waals surface area contributed by atoms with E-state index in [9.17, 15) is 44.7 Å². The zero-order valence-electron chi connectivity index (χ0n) is 20.9. The molecule has 1 aromatic heterocycles. The quantitative estimate of drug-likeness (QED) is 0.165. The van der Waals surface area contributed by atoms with Crippen molar-refractivity contribution >= 4 is 11.9 Å². The van der Waals surface area contributed by atoms with Crippen LogP contribution in [0.2, 0.25) is 0 Å². The van der Waals surface area contributed by atoms with Crippen LogP contribution in [0.3, 0.4) is 0 Å². The number of rotatable bonds is 7. The highest BCUT2D eigenvalue weighted by Gasteiger charge is 2.55. The third kappa shape index (κ3) is 5.28. The number of hydrogen-bond donors (Lipinski definition) is 7. The Morgan fingerprint density at radius 3 is 2.41 bits per heavy atom. The molecule has 2 fully saturated rings. The van der Waals surface area contributed by atoms with Crippen LogP contribution in [0.25, 0.3) is 0 Å². The van der Waals surface area contributed by atoms with Crippen LogP contribution in [0.15, 0.2) is 33.6 Å². The predicted molar refractivity (Wildman–Crippen MR) is 127 cm³/mol. The van der Waals surface area contributed by atoms with Crippen molar-refractivity contribution in [3.63, 3.8) is 0 Å². The summed E-state index contributed by atoms with van der Waals surface area (Å²) in [5, 5.41) is 52.1. The molecule has 1 amide bonds. The van der Waals surface area contributed by atoms with E-state index in [1.165, 1.54) is 25.1 Å². The number of nitrogens with zero attached hydrogens (tertiary/aromatic N) is 3. The predicted octanol–water partition coefficient (Wildman–Crippen LogP) is -5.31. The van der Waals surface area contributed by atoms with Gasteiger partial charge in [-0.15, -0.1) is 0 Å². The molecule has 0 bridgehead atoms. The fourth-order valence-electron chi connectivity index (χ4n) is 4.93. The summed E-state index contributed by atoms with van der Waals surface area (Å²) in [6, 6.07) is -0.385. The molecule has 2 saturated heterocycles. The molecule has 216 valence electrons. The summed E-state index contributed by atoms with van der Waals surface area (Å²) in [7, 11) is 2.70. The Bertz CT molecular complexity index is 1230. The van der Waals surface area contributed by atoms with Gasteiger partial charge in [0.1, 0.15) is 54.5 Å². The molecule has 3 aliphatic heterocycles. The number of aliphatic hydroxyl groups excluding tert-OH is 4. The molecule has 0 spiro atoms. The molecule has 0 radical (unpaired) electrons. The van der Waals surface area contributed by atoms with Gasteiger partial charge in [0, 0.05) is 32.4 Å². The number of nitrogens with one attached hydrogen (secondary N) is 1. The van der Waals surface area contributed by atoms with E-state index in [1.54, 1.807) is 0 Å². The van der Waals surface area contributed by atoms with Gasteiger partial charge in [0.2, 0.25) is 5.91 Å². The van der Waals surface area contributed by atoms with E-state index in [-0.39, 0.29) is 18.8 Å². The molecule has 0 saturated carbocycles. The number of nitrogens with two attached hydrogens (primary N) is 1. The molecule has 17 heteroatoms. The number of hydrogen-bond acceptors (Lipinski definition) is 13. The maximum atomic E-state index is 13.6. The number of aromatic nitrogens is 2. The van der Waals surface area contributed by atoms with Crippen LogP contribution in [0.4, 0.5) is 0 Å². The fraction of sp³-hybridized carbons (Fsp3) is 0.636. The van der Waals surface area contributed by atoms with Gasteiger partial charge in [-0.3, -0.25) is 24.0 Å². The van der Waals surface area contributed by atoms with Gasteiger partial charge in [-0.25, -0.2) is 9.59 Å². The van der Waals surface area contributed by atoms with Crippen LogP contribution < -0.4 is 17.0 Å². The third-order valence-corrected chi connectivity index (χ3v) is 7.09. The third-order valence-electron chi connectivity index (χ3n) is 7.09. The number of aromatic amines is 1. The van der Waals surface area contributed by atoms with Crippen LogP contribution in [0.1, 0.15) is 6.23 Å². The van der Waals surface area contributed by atoms with Gasteiger partial charge in [-0.2, -0.15) is 0 Å². The van der Waals surface area contributed by atoms with Crippen molar-refractivity contribution in [2.75, 3.05) is 27.2 Å². The summed E-state index contributed by atoms with van der Waals surface area (Å²) >= 11 is 0. The Labute approximate surface area is 220 Å². The summed E-state index contributed by atoms with van der Waals surface area (Å²) < 4.78 is 18.1. The first kappa shape index (κ1) is 29.0. The average Bonchev–Trinajstić information content (AvgIpc) is 3.28. The van der Waals surface area contributed by atoms with E-state index >= 15 is 0 Å². The molecule has 10 atom stereocenters. The second-order valence-corrected chi connectivity index (χ2v) is 9.53. The molecular weight excluding hydrogens is 526 g/mol. The zero-order chi connectivity index (χ0) is 28.8. The molecule has 8 N–H and O–H groups in total.